The van der Waals surface area contributed by atoms with Crippen LogP contribution in [0, 0.1) is 0 Å². The van der Waals surface area contributed by atoms with Crippen LogP contribution in [0.25, 0.3) is 0 Å². The molecule has 0 fully saturated rings. The Morgan fingerprint density at radius 3 is 2.50 bits per heavy atom. The normalized spacial score (nSPS) is 11.6. The fraction of sp³-hybridized carbons (Fsp3) is 0.400. The molecule has 112 valence electrons. The Hall–Kier alpha value is -2.13. The van der Waals surface area contributed by atoms with E-state index in [9.17, 15) is 31.9 Å². The molecule has 0 aliphatic rings. The van der Waals surface area contributed by atoms with Gasteiger partial charge in [-0.15, -0.1) is 13.2 Å². The van der Waals surface area contributed by atoms with Gasteiger partial charge in [-0.25, -0.2) is 18.6 Å². The summed E-state index contributed by atoms with van der Waals surface area (Å²) in [7, 11) is 0. The van der Waals surface area contributed by atoms with Gasteiger partial charge in [-0.05, 0) is 6.92 Å². The van der Waals surface area contributed by atoms with Crippen molar-refractivity contribution in [3.05, 3.63) is 17.3 Å². The third kappa shape index (κ3) is 3.93. The van der Waals surface area contributed by atoms with Crippen molar-refractivity contribution in [1.82, 2.24) is 4.98 Å². The monoisotopic (exact) mass is 301 g/mol. The first-order valence-electron chi connectivity index (χ1n) is 5.10. The summed E-state index contributed by atoms with van der Waals surface area (Å²) >= 11 is 0. The molecule has 0 saturated heterocycles. The first-order valence-corrected chi connectivity index (χ1v) is 5.10. The number of hydrogen-bond donors (Lipinski definition) is 1. The summed E-state index contributed by atoms with van der Waals surface area (Å²) in [4.78, 5) is 14.2. The molecule has 0 aliphatic heterocycles. The van der Waals surface area contributed by atoms with Gasteiger partial charge >= 0.3 is 12.3 Å². The van der Waals surface area contributed by atoms with Crippen LogP contribution in [-0.2, 0) is 4.74 Å². The minimum atomic E-state index is -5.19. The molecule has 0 bridgehead atoms. The molecule has 1 heterocycles. The van der Waals surface area contributed by atoms with E-state index in [1.807, 2.05) is 0 Å². The number of ether oxygens (including phenoxy) is 2. The summed E-state index contributed by atoms with van der Waals surface area (Å²) in [6.07, 6.45) is -8.59. The Kier molecular flexibility index (Phi) is 4.69. The van der Waals surface area contributed by atoms with Gasteiger partial charge in [0, 0.05) is 6.07 Å². The molecule has 0 amide bonds. The number of alkyl halides is 5. The molecule has 1 aromatic rings. The van der Waals surface area contributed by atoms with Gasteiger partial charge in [0.1, 0.15) is 5.56 Å². The fourth-order valence-electron chi connectivity index (χ4n) is 1.22. The van der Waals surface area contributed by atoms with E-state index in [4.69, 9.17) is 0 Å². The minimum Gasteiger partial charge on any atom is -0.505 e. The van der Waals surface area contributed by atoms with Gasteiger partial charge in [0.25, 0.3) is 6.43 Å². The lowest BCUT2D eigenvalue weighted by Gasteiger charge is -2.12. The molecule has 0 saturated carbocycles. The standard InChI is InChI=1S/C10H8F5NO4/c1-2-19-9(18)4-3-5(20-10(13,14)15)16-6(7(4)17)8(11)12/h3,8,17H,2H2,1H3. The van der Waals surface area contributed by atoms with Crippen molar-refractivity contribution in [3.8, 4) is 11.6 Å². The number of nitrogens with zero attached hydrogens (tertiary/aromatic N) is 1. The van der Waals surface area contributed by atoms with Crippen LogP contribution in [0.5, 0.6) is 11.6 Å². The van der Waals surface area contributed by atoms with Crippen LogP contribution in [0.15, 0.2) is 6.07 Å². The third-order valence-electron chi connectivity index (χ3n) is 1.92. The van der Waals surface area contributed by atoms with Crippen molar-refractivity contribution in [1.29, 1.82) is 0 Å². The van der Waals surface area contributed by atoms with Crippen molar-refractivity contribution < 1.29 is 41.3 Å². The summed E-state index contributed by atoms with van der Waals surface area (Å²) < 4.78 is 69.0. The van der Waals surface area contributed by atoms with E-state index in [1.165, 1.54) is 6.92 Å². The molecule has 0 atom stereocenters. The highest BCUT2D eigenvalue weighted by molar-refractivity contribution is 5.93. The Bertz CT molecular complexity index is 503. The van der Waals surface area contributed by atoms with Gasteiger partial charge in [-0.3, -0.25) is 0 Å². The molecule has 1 rings (SSSR count). The summed E-state index contributed by atoms with van der Waals surface area (Å²) in [6.45, 7) is 1.22. The predicted octanol–water partition coefficient (Wildman–Crippen LogP) is 2.80. The number of carbonyl (C=O) groups is 1. The molecule has 5 nitrogen and oxygen atoms in total. The molecule has 10 heteroatoms. The summed E-state index contributed by atoms with van der Waals surface area (Å²) in [5.41, 5.74) is -2.30. The van der Waals surface area contributed by atoms with Crippen LogP contribution < -0.4 is 4.74 Å². The Morgan fingerprint density at radius 1 is 1.45 bits per heavy atom. The third-order valence-corrected chi connectivity index (χ3v) is 1.92. The molecule has 0 radical (unpaired) electrons. The van der Waals surface area contributed by atoms with E-state index < -0.39 is 41.6 Å². The van der Waals surface area contributed by atoms with Gasteiger partial charge in [-0.1, -0.05) is 0 Å². The number of esters is 1. The molecule has 0 unspecified atom stereocenters. The predicted molar refractivity (Wildman–Crippen MR) is 53.5 cm³/mol. The second-order valence-electron chi connectivity index (χ2n) is 3.31. The number of hydrogen-bond acceptors (Lipinski definition) is 5. The van der Waals surface area contributed by atoms with Crippen molar-refractivity contribution in [3.63, 3.8) is 0 Å². The topological polar surface area (TPSA) is 68.7 Å². The molecule has 0 aromatic carbocycles. The molecule has 1 N–H and O–H groups in total. The van der Waals surface area contributed by atoms with Gasteiger partial charge < -0.3 is 14.6 Å². The average Bonchev–Trinajstić information content (AvgIpc) is 2.29. The highest BCUT2D eigenvalue weighted by Crippen LogP contribution is 2.34. The average molecular weight is 301 g/mol. The number of pyridine rings is 1. The first-order chi connectivity index (χ1) is 9.15. The van der Waals surface area contributed by atoms with E-state index in [-0.39, 0.29) is 6.61 Å². The number of rotatable bonds is 4. The zero-order valence-corrected chi connectivity index (χ0v) is 9.87. The minimum absolute atomic E-state index is 0.167. The van der Waals surface area contributed by atoms with Crippen LogP contribution in [0.4, 0.5) is 22.0 Å². The van der Waals surface area contributed by atoms with Crippen LogP contribution in [-0.4, -0.2) is 29.0 Å². The molecular formula is C10H8F5NO4. The van der Waals surface area contributed by atoms with Gasteiger partial charge in [0.15, 0.2) is 11.4 Å². The second kappa shape index (κ2) is 5.88. The lowest BCUT2D eigenvalue weighted by molar-refractivity contribution is -0.276. The number of carbonyl (C=O) groups excluding carboxylic acids is 1. The fourth-order valence-corrected chi connectivity index (χ4v) is 1.22. The van der Waals surface area contributed by atoms with E-state index >= 15 is 0 Å². The van der Waals surface area contributed by atoms with E-state index in [2.05, 4.69) is 14.5 Å². The Balaban J connectivity index is 3.31. The van der Waals surface area contributed by atoms with E-state index in [0.29, 0.717) is 6.07 Å². The first kappa shape index (κ1) is 15.9. The summed E-state index contributed by atoms with van der Waals surface area (Å²) in [6, 6.07) is 0.368. The largest absolute Gasteiger partial charge is 0.574 e. The number of halogens is 5. The van der Waals surface area contributed by atoms with Gasteiger partial charge in [-0.2, -0.15) is 0 Å². The maximum Gasteiger partial charge on any atom is 0.574 e. The summed E-state index contributed by atoms with van der Waals surface area (Å²) in [5, 5.41) is 9.40. The van der Waals surface area contributed by atoms with Gasteiger partial charge in [0.05, 0.1) is 6.61 Å². The SMILES string of the molecule is CCOC(=O)c1cc(OC(F)(F)F)nc(C(F)F)c1O. The highest BCUT2D eigenvalue weighted by Gasteiger charge is 2.34. The van der Waals surface area contributed by atoms with Crippen LogP contribution in [0.1, 0.15) is 29.4 Å². The van der Waals surface area contributed by atoms with Crippen LogP contribution in [0.2, 0.25) is 0 Å². The number of aromatic nitrogens is 1. The number of aromatic hydroxyl groups is 1. The van der Waals surface area contributed by atoms with Crippen molar-refractivity contribution in [2.75, 3.05) is 6.61 Å². The molecule has 0 spiro atoms. The van der Waals surface area contributed by atoms with Crippen molar-refractivity contribution in [2.24, 2.45) is 0 Å². The Morgan fingerprint density at radius 2 is 2.05 bits per heavy atom. The Labute approximate surface area is 108 Å². The second-order valence-corrected chi connectivity index (χ2v) is 3.31. The highest BCUT2D eigenvalue weighted by atomic mass is 19.4. The lowest BCUT2D eigenvalue weighted by atomic mass is 10.2. The lowest BCUT2D eigenvalue weighted by Crippen LogP contribution is -2.19. The quantitative estimate of drug-likeness (QED) is 0.684. The smallest absolute Gasteiger partial charge is 0.505 e. The maximum atomic E-state index is 12.6. The zero-order valence-electron chi connectivity index (χ0n) is 9.87. The molecule has 1 aromatic heterocycles. The van der Waals surface area contributed by atoms with E-state index in [1.54, 1.807) is 0 Å². The van der Waals surface area contributed by atoms with Crippen LogP contribution in [0.3, 0.4) is 0 Å². The van der Waals surface area contributed by atoms with Crippen LogP contribution >= 0.6 is 0 Å². The maximum absolute atomic E-state index is 12.6. The molecule has 0 aliphatic carbocycles. The zero-order chi connectivity index (χ0) is 15.5. The van der Waals surface area contributed by atoms with Crippen molar-refractivity contribution in [2.45, 2.75) is 19.7 Å². The molecular weight excluding hydrogens is 293 g/mol. The van der Waals surface area contributed by atoms with Gasteiger partial charge in [0.2, 0.25) is 5.88 Å². The van der Waals surface area contributed by atoms with Crippen molar-refractivity contribution >= 4 is 5.97 Å². The van der Waals surface area contributed by atoms with E-state index in [0.717, 1.165) is 0 Å². The molecule has 20 heavy (non-hydrogen) atoms. The summed E-state index contributed by atoms with van der Waals surface area (Å²) in [5.74, 6) is -3.83.